The first kappa shape index (κ1) is 20.9. The topological polar surface area (TPSA) is 21.3 Å². The van der Waals surface area contributed by atoms with Crippen LogP contribution in [0, 0.1) is 5.92 Å². The zero-order chi connectivity index (χ0) is 18.7. The van der Waals surface area contributed by atoms with Gasteiger partial charge in [0.15, 0.2) is 0 Å². The maximum absolute atomic E-state index is 5.99. The first-order chi connectivity index (χ1) is 13.4. The molecule has 0 radical (unpaired) electrons. The summed E-state index contributed by atoms with van der Waals surface area (Å²) in [7, 11) is 0. The molecule has 27 heavy (non-hydrogen) atoms. The van der Waals surface area contributed by atoms with Gasteiger partial charge in [-0.05, 0) is 74.1 Å². The minimum absolute atomic E-state index is 0.669. The molecule has 0 saturated heterocycles. The Bertz CT molecular complexity index is 535. The van der Waals surface area contributed by atoms with Crippen LogP contribution in [0.1, 0.15) is 87.8 Å². The lowest BCUT2D eigenvalue weighted by Gasteiger charge is -2.27. The Morgan fingerprint density at radius 3 is 2.78 bits per heavy atom. The van der Waals surface area contributed by atoms with Gasteiger partial charge in [-0.1, -0.05) is 63.6 Å². The lowest BCUT2D eigenvalue weighted by molar-refractivity contribution is 0.129. The zero-order valence-corrected chi connectivity index (χ0v) is 17.6. The molecule has 3 rings (SSSR count). The summed E-state index contributed by atoms with van der Waals surface area (Å²) in [6, 6.07) is 7.60. The van der Waals surface area contributed by atoms with Gasteiger partial charge >= 0.3 is 0 Å². The van der Waals surface area contributed by atoms with Crippen molar-refractivity contribution >= 4 is 0 Å². The highest BCUT2D eigenvalue weighted by atomic mass is 16.5. The van der Waals surface area contributed by atoms with Gasteiger partial charge in [0.05, 0.1) is 6.61 Å². The van der Waals surface area contributed by atoms with E-state index in [0.717, 1.165) is 25.6 Å². The van der Waals surface area contributed by atoms with Crippen LogP contribution in [0.3, 0.4) is 0 Å². The Balaban J connectivity index is 1.38. The zero-order valence-electron chi connectivity index (χ0n) is 17.6. The molecule has 1 unspecified atom stereocenters. The van der Waals surface area contributed by atoms with Gasteiger partial charge in [-0.25, -0.2) is 0 Å². The van der Waals surface area contributed by atoms with E-state index < -0.39 is 0 Å². The fourth-order valence-electron chi connectivity index (χ4n) is 5.01. The molecule has 1 fully saturated rings. The molecule has 0 aliphatic heterocycles. The molecule has 0 aromatic heterocycles. The van der Waals surface area contributed by atoms with Crippen molar-refractivity contribution in [3.8, 4) is 0 Å². The fraction of sp³-hybridized carbons (Fsp3) is 0.760. The highest BCUT2D eigenvalue weighted by molar-refractivity contribution is 5.38. The standard InChI is InChI=1S/C25H41NO/c1-2-3-6-17-26-24-15-14-22-12-7-13-23(25(22)20-24)16-19-27-18-8-11-21-9-4-5-10-21/h7,12-13,21,24,26H,2-6,8-11,14-20H2,1H3. The number of fused-ring (bicyclic) bond motifs is 1. The molecule has 2 aliphatic carbocycles. The molecule has 1 aromatic carbocycles. The molecule has 2 nitrogen and oxygen atoms in total. The van der Waals surface area contributed by atoms with Crippen molar-refractivity contribution in [3.05, 3.63) is 34.9 Å². The number of benzene rings is 1. The molecular formula is C25H41NO. The molecular weight excluding hydrogens is 330 g/mol. The van der Waals surface area contributed by atoms with Crippen molar-refractivity contribution in [2.45, 2.75) is 96.4 Å². The van der Waals surface area contributed by atoms with Crippen LogP contribution in [-0.4, -0.2) is 25.8 Å². The predicted molar refractivity (Wildman–Crippen MR) is 115 cm³/mol. The number of ether oxygens (including phenoxy) is 1. The molecule has 0 amide bonds. The Morgan fingerprint density at radius 2 is 1.93 bits per heavy atom. The van der Waals surface area contributed by atoms with E-state index in [9.17, 15) is 0 Å². The van der Waals surface area contributed by atoms with E-state index in [1.807, 2.05) is 0 Å². The molecule has 0 bridgehead atoms. The fourth-order valence-corrected chi connectivity index (χ4v) is 5.01. The second-order valence-electron chi connectivity index (χ2n) is 8.81. The Labute approximate surface area is 167 Å². The summed E-state index contributed by atoms with van der Waals surface area (Å²) in [5.74, 6) is 0.997. The van der Waals surface area contributed by atoms with Gasteiger partial charge in [-0.3, -0.25) is 0 Å². The second-order valence-corrected chi connectivity index (χ2v) is 8.81. The van der Waals surface area contributed by atoms with Gasteiger partial charge in [-0.2, -0.15) is 0 Å². The highest BCUT2D eigenvalue weighted by Crippen LogP contribution is 2.28. The minimum atomic E-state index is 0.669. The molecule has 152 valence electrons. The lowest BCUT2D eigenvalue weighted by atomic mass is 9.84. The Kier molecular flexibility index (Phi) is 9.17. The van der Waals surface area contributed by atoms with Crippen molar-refractivity contribution < 1.29 is 4.74 Å². The average molecular weight is 372 g/mol. The van der Waals surface area contributed by atoms with Crippen LogP contribution in [0.15, 0.2) is 18.2 Å². The van der Waals surface area contributed by atoms with E-state index in [1.54, 1.807) is 11.1 Å². The lowest BCUT2D eigenvalue weighted by Crippen LogP contribution is -2.35. The summed E-state index contributed by atoms with van der Waals surface area (Å²) in [5.41, 5.74) is 4.73. The monoisotopic (exact) mass is 371 g/mol. The van der Waals surface area contributed by atoms with Gasteiger partial charge in [0.2, 0.25) is 0 Å². The van der Waals surface area contributed by atoms with Crippen LogP contribution >= 0.6 is 0 Å². The largest absolute Gasteiger partial charge is 0.381 e. The van der Waals surface area contributed by atoms with Gasteiger partial charge in [0.1, 0.15) is 0 Å². The first-order valence-corrected chi connectivity index (χ1v) is 11.8. The maximum atomic E-state index is 5.99. The van der Waals surface area contributed by atoms with E-state index in [4.69, 9.17) is 4.74 Å². The van der Waals surface area contributed by atoms with Crippen molar-refractivity contribution in [2.24, 2.45) is 5.92 Å². The number of nitrogens with one attached hydrogen (secondary N) is 1. The first-order valence-electron chi connectivity index (χ1n) is 11.8. The second kappa shape index (κ2) is 11.9. The van der Waals surface area contributed by atoms with E-state index in [0.29, 0.717) is 6.04 Å². The SMILES string of the molecule is CCCCCNC1CCc2cccc(CCOCCCC3CCCC3)c2C1. The van der Waals surface area contributed by atoms with Crippen LogP contribution < -0.4 is 5.32 Å². The maximum Gasteiger partial charge on any atom is 0.0506 e. The third-order valence-electron chi connectivity index (χ3n) is 6.69. The Hall–Kier alpha value is -0.860. The van der Waals surface area contributed by atoms with Crippen LogP contribution in [0.25, 0.3) is 0 Å². The summed E-state index contributed by atoms with van der Waals surface area (Å²) in [6.07, 6.45) is 17.3. The summed E-state index contributed by atoms with van der Waals surface area (Å²) in [6.45, 7) is 5.29. The highest BCUT2D eigenvalue weighted by Gasteiger charge is 2.20. The molecule has 2 heteroatoms. The third kappa shape index (κ3) is 6.91. The van der Waals surface area contributed by atoms with Crippen LogP contribution in [0.4, 0.5) is 0 Å². The quantitative estimate of drug-likeness (QED) is 0.465. The molecule has 0 heterocycles. The van der Waals surface area contributed by atoms with E-state index in [-0.39, 0.29) is 0 Å². The number of unbranched alkanes of at least 4 members (excludes halogenated alkanes) is 2. The van der Waals surface area contributed by atoms with Crippen molar-refractivity contribution in [1.29, 1.82) is 0 Å². The van der Waals surface area contributed by atoms with Crippen molar-refractivity contribution in [3.63, 3.8) is 0 Å². The minimum Gasteiger partial charge on any atom is -0.381 e. The summed E-state index contributed by atoms with van der Waals surface area (Å²) in [5, 5.41) is 3.80. The predicted octanol–water partition coefficient (Wildman–Crippen LogP) is 5.85. The smallest absolute Gasteiger partial charge is 0.0506 e. The molecule has 1 saturated carbocycles. The molecule has 0 spiro atoms. The van der Waals surface area contributed by atoms with Gasteiger partial charge in [0.25, 0.3) is 0 Å². The van der Waals surface area contributed by atoms with Crippen molar-refractivity contribution in [2.75, 3.05) is 19.8 Å². The number of hydrogen-bond donors (Lipinski definition) is 1. The van der Waals surface area contributed by atoms with Crippen molar-refractivity contribution in [1.82, 2.24) is 5.32 Å². The number of rotatable bonds is 12. The summed E-state index contributed by atoms with van der Waals surface area (Å²) >= 11 is 0. The van der Waals surface area contributed by atoms with E-state index >= 15 is 0 Å². The van der Waals surface area contributed by atoms with Crippen LogP contribution in [-0.2, 0) is 24.0 Å². The average Bonchev–Trinajstić information content (AvgIpc) is 3.21. The molecule has 1 atom stereocenters. The Morgan fingerprint density at radius 1 is 1.04 bits per heavy atom. The van der Waals surface area contributed by atoms with Gasteiger partial charge in [0, 0.05) is 12.6 Å². The molecule has 2 aliphatic rings. The van der Waals surface area contributed by atoms with Gasteiger partial charge in [-0.15, -0.1) is 0 Å². The number of aryl methyl sites for hydroxylation is 1. The van der Waals surface area contributed by atoms with E-state index in [1.165, 1.54) is 89.2 Å². The summed E-state index contributed by atoms with van der Waals surface area (Å²) in [4.78, 5) is 0. The van der Waals surface area contributed by atoms with Gasteiger partial charge < -0.3 is 10.1 Å². The molecule has 1 N–H and O–H groups in total. The van der Waals surface area contributed by atoms with Crippen LogP contribution in [0.2, 0.25) is 0 Å². The third-order valence-corrected chi connectivity index (χ3v) is 6.69. The summed E-state index contributed by atoms with van der Waals surface area (Å²) < 4.78 is 5.99. The van der Waals surface area contributed by atoms with Crippen LogP contribution in [0.5, 0.6) is 0 Å². The number of hydrogen-bond acceptors (Lipinski definition) is 2. The molecule has 1 aromatic rings. The van der Waals surface area contributed by atoms with E-state index in [2.05, 4.69) is 30.4 Å². The normalized spacial score (nSPS) is 20.1.